The molecule has 0 aromatic heterocycles. The Hall–Kier alpha value is -0.610. The smallest absolute Gasteiger partial charge is 0.304 e. The summed E-state index contributed by atoms with van der Waals surface area (Å²) in [4.78, 5) is 12.5. The number of nitrogens with zero attached hydrogens (tertiary/aromatic N) is 1. The van der Waals surface area contributed by atoms with E-state index >= 15 is 0 Å². The lowest BCUT2D eigenvalue weighted by Crippen LogP contribution is -2.54. The summed E-state index contributed by atoms with van der Waals surface area (Å²) in [6, 6.07) is 0.624. The number of carboxylic acids is 1. The van der Waals surface area contributed by atoms with Crippen LogP contribution in [0.25, 0.3) is 0 Å². The molecule has 0 radical (unpaired) electrons. The molecule has 2 N–H and O–H groups in total. The minimum atomic E-state index is -0.719. The number of piperazine rings is 1. The lowest BCUT2D eigenvalue weighted by molar-refractivity contribution is -0.138. The largest absolute Gasteiger partial charge is 0.481 e. The summed E-state index contributed by atoms with van der Waals surface area (Å²) in [5.74, 6) is -0.719. The molecule has 0 aromatic carbocycles. The number of hydrogen-bond donors (Lipinski definition) is 2. The highest BCUT2D eigenvalue weighted by Gasteiger charge is 2.24. The van der Waals surface area contributed by atoms with Crippen LogP contribution in [0.2, 0.25) is 0 Å². The van der Waals surface area contributed by atoms with Gasteiger partial charge in [-0.25, -0.2) is 0 Å². The molecule has 1 saturated heterocycles. The number of likely N-dealkylation sites (N-methyl/N-ethyl adjacent to an activating group) is 1. The predicted molar refractivity (Wildman–Crippen MR) is 46.1 cm³/mol. The maximum absolute atomic E-state index is 10.4. The molecule has 0 saturated carbocycles. The summed E-state index contributed by atoms with van der Waals surface area (Å²) in [6.45, 7) is 3.81. The van der Waals surface area contributed by atoms with Crippen LogP contribution in [-0.4, -0.2) is 48.2 Å². The summed E-state index contributed by atoms with van der Waals surface area (Å²) >= 11 is 0. The highest BCUT2D eigenvalue weighted by molar-refractivity contribution is 5.67. The van der Waals surface area contributed by atoms with Crippen molar-refractivity contribution in [2.45, 2.75) is 25.4 Å². The highest BCUT2D eigenvalue weighted by atomic mass is 16.4. The molecule has 1 fully saturated rings. The number of aliphatic carboxylic acids is 1. The Morgan fingerprint density at radius 1 is 1.75 bits per heavy atom. The van der Waals surface area contributed by atoms with Gasteiger partial charge in [0.1, 0.15) is 0 Å². The van der Waals surface area contributed by atoms with Gasteiger partial charge >= 0.3 is 5.97 Å². The van der Waals surface area contributed by atoms with Gasteiger partial charge in [0.2, 0.25) is 0 Å². The van der Waals surface area contributed by atoms with Crippen molar-refractivity contribution in [1.82, 2.24) is 10.2 Å². The molecule has 4 heteroatoms. The molecule has 70 valence electrons. The summed E-state index contributed by atoms with van der Waals surface area (Å²) in [6.07, 6.45) is 0.232. The first kappa shape index (κ1) is 9.48. The van der Waals surface area contributed by atoms with Crippen LogP contribution in [-0.2, 0) is 4.79 Å². The van der Waals surface area contributed by atoms with E-state index in [9.17, 15) is 4.79 Å². The molecule has 1 aliphatic rings. The fourth-order valence-electron chi connectivity index (χ4n) is 1.57. The Kier molecular flexibility index (Phi) is 3.05. The van der Waals surface area contributed by atoms with E-state index in [1.165, 1.54) is 0 Å². The summed E-state index contributed by atoms with van der Waals surface area (Å²) < 4.78 is 0. The number of carboxylic acid groups (broad SMARTS) is 1. The van der Waals surface area contributed by atoms with Gasteiger partial charge in [-0.3, -0.25) is 4.79 Å². The Labute approximate surface area is 72.6 Å². The van der Waals surface area contributed by atoms with Crippen LogP contribution in [0.5, 0.6) is 0 Å². The van der Waals surface area contributed by atoms with Crippen molar-refractivity contribution in [3.05, 3.63) is 0 Å². The van der Waals surface area contributed by atoms with E-state index in [1.807, 2.05) is 7.05 Å². The lowest BCUT2D eigenvalue weighted by atomic mass is 10.1. The zero-order valence-electron chi connectivity index (χ0n) is 7.58. The molecule has 0 aliphatic carbocycles. The Morgan fingerprint density at radius 3 is 2.92 bits per heavy atom. The minimum absolute atomic E-state index is 0.152. The zero-order valence-corrected chi connectivity index (χ0v) is 7.58. The second kappa shape index (κ2) is 3.87. The van der Waals surface area contributed by atoms with Crippen molar-refractivity contribution in [2.24, 2.45) is 0 Å². The van der Waals surface area contributed by atoms with Crippen LogP contribution in [0.1, 0.15) is 13.3 Å². The van der Waals surface area contributed by atoms with Crippen molar-refractivity contribution in [3.8, 4) is 0 Å². The van der Waals surface area contributed by atoms with Crippen LogP contribution in [0.4, 0.5) is 0 Å². The van der Waals surface area contributed by atoms with E-state index < -0.39 is 5.97 Å². The SMILES string of the molecule is CC1CN(C)C(CC(=O)O)CN1. The van der Waals surface area contributed by atoms with Crippen LogP contribution in [0.3, 0.4) is 0 Å². The third kappa shape index (κ3) is 2.46. The van der Waals surface area contributed by atoms with E-state index in [4.69, 9.17) is 5.11 Å². The van der Waals surface area contributed by atoms with Gasteiger partial charge in [-0.05, 0) is 14.0 Å². The first-order chi connectivity index (χ1) is 5.59. The number of hydrogen-bond acceptors (Lipinski definition) is 3. The van der Waals surface area contributed by atoms with Crippen molar-refractivity contribution in [1.29, 1.82) is 0 Å². The zero-order chi connectivity index (χ0) is 9.14. The van der Waals surface area contributed by atoms with Gasteiger partial charge in [0.25, 0.3) is 0 Å². The fraction of sp³-hybridized carbons (Fsp3) is 0.875. The molecule has 2 atom stereocenters. The summed E-state index contributed by atoms with van der Waals surface area (Å²) in [5, 5.41) is 11.9. The first-order valence-electron chi connectivity index (χ1n) is 4.25. The summed E-state index contributed by atoms with van der Waals surface area (Å²) in [5.41, 5.74) is 0. The second-order valence-electron chi connectivity index (χ2n) is 3.50. The van der Waals surface area contributed by atoms with Crippen LogP contribution in [0.15, 0.2) is 0 Å². The van der Waals surface area contributed by atoms with E-state index in [-0.39, 0.29) is 12.5 Å². The standard InChI is InChI=1S/C8H16N2O2/c1-6-5-10(2)7(4-9-6)3-8(11)12/h6-7,9H,3-5H2,1-2H3,(H,11,12). The average Bonchev–Trinajstić information content (AvgIpc) is 1.94. The van der Waals surface area contributed by atoms with Crippen LogP contribution < -0.4 is 5.32 Å². The third-order valence-electron chi connectivity index (χ3n) is 2.30. The van der Waals surface area contributed by atoms with Crippen molar-refractivity contribution in [3.63, 3.8) is 0 Å². The molecule has 1 rings (SSSR count). The van der Waals surface area contributed by atoms with E-state index in [2.05, 4.69) is 17.1 Å². The normalized spacial score (nSPS) is 31.8. The number of rotatable bonds is 2. The predicted octanol–water partition coefficient (Wildman–Crippen LogP) is -0.247. The van der Waals surface area contributed by atoms with Crippen molar-refractivity contribution < 1.29 is 9.90 Å². The molecule has 0 spiro atoms. The molecular formula is C8H16N2O2. The fourth-order valence-corrected chi connectivity index (χ4v) is 1.57. The topological polar surface area (TPSA) is 52.6 Å². The van der Waals surface area contributed by atoms with Crippen molar-refractivity contribution >= 4 is 5.97 Å². The Morgan fingerprint density at radius 2 is 2.42 bits per heavy atom. The van der Waals surface area contributed by atoms with Crippen molar-refractivity contribution in [2.75, 3.05) is 20.1 Å². The maximum atomic E-state index is 10.4. The van der Waals surface area contributed by atoms with Crippen LogP contribution in [0, 0.1) is 0 Å². The van der Waals surface area contributed by atoms with E-state index in [1.54, 1.807) is 0 Å². The second-order valence-corrected chi connectivity index (χ2v) is 3.50. The first-order valence-corrected chi connectivity index (χ1v) is 4.25. The minimum Gasteiger partial charge on any atom is -0.481 e. The molecule has 1 aliphatic heterocycles. The molecular weight excluding hydrogens is 156 g/mol. The molecule has 0 bridgehead atoms. The van der Waals surface area contributed by atoms with Gasteiger partial charge in [-0.1, -0.05) is 0 Å². The Balaban J connectivity index is 2.39. The summed E-state index contributed by atoms with van der Waals surface area (Å²) in [7, 11) is 1.98. The van der Waals surface area contributed by atoms with Crippen LogP contribution >= 0.6 is 0 Å². The molecule has 1 heterocycles. The lowest BCUT2D eigenvalue weighted by Gasteiger charge is -2.35. The van der Waals surface area contributed by atoms with Gasteiger partial charge in [-0.2, -0.15) is 0 Å². The molecule has 0 amide bonds. The Bertz CT molecular complexity index is 172. The molecule has 12 heavy (non-hydrogen) atoms. The average molecular weight is 172 g/mol. The van der Waals surface area contributed by atoms with Gasteiger partial charge in [-0.15, -0.1) is 0 Å². The van der Waals surface area contributed by atoms with Gasteiger partial charge in [0.15, 0.2) is 0 Å². The maximum Gasteiger partial charge on any atom is 0.304 e. The molecule has 4 nitrogen and oxygen atoms in total. The van der Waals surface area contributed by atoms with Gasteiger partial charge < -0.3 is 15.3 Å². The van der Waals surface area contributed by atoms with Gasteiger partial charge in [0, 0.05) is 25.2 Å². The third-order valence-corrected chi connectivity index (χ3v) is 2.30. The monoisotopic (exact) mass is 172 g/mol. The highest BCUT2D eigenvalue weighted by Crippen LogP contribution is 2.07. The van der Waals surface area contributed by atoms with Gasteiger partial charge in [0.05, 0.1) is 6.42 Å². The van der Waals surface area contributed by atoms with E-state index in [0.29, 0.717) is 6.04 Å². The molecule has 0 aromatic rings. The van der Waals surface area contributed by atoms with E-state index in [0.717, 1.165) is 13.1 Å². The number of carbonyl (C=O) groups is 1. The number of nitrogens with one attached hydrogen (secondary N) is 1. The quantitative estimate of drug-likeness (QED) is 0.603. The molecule has 2 unspecified atom stereocenters.